The smallest absolute Gasteiger partial charge is 0.210 e. The molecule has 0 N–H and O–H groups in total. The van der Waals surface area contributed by atoms with Crippen LogP contribution in [0.25, 0.3) is 6.08 Å². The van der Waals surface area contributed by atoms with Gasteiger partial charge in [0.05, 0.1) is 0 Å². The molecule has 0 radical (unpaired) electrons. The van der Waals surface area contributed by atoms with Gasteiger partial charge in [0.15, 0.2) is 6.04 Å². The number of para-hydroxylation sites is 1. The maximum atomic E-state index is 2.67. The Bertz CT molecular complexity index is 532. The zero-order valence-corrected chi connectivity index (χ0v) is 12.2. The molecule has 0 bridgehead atoms. The number of hydrogen-bond acceptors (Lipinski definition) is 0. The van der Waals surface area contributed by atoms with E-state index in [0.717, 1.165) is 0 Å². The Hall–Kier alpha value is -0.630. The molecule has 0 saturated carbocycles. The first kappa shape index (κ1) is 12.8. The van der Waals surface area contributed by atoms with E-state index < -0.39 is 0 Å². The van der Waals surface area contributed by atoms with Crippen LogP contribution in [0.5, 0.6) is 0 Å². The maximum Gasteiger partial charge on any atom is 0.210 e. The highest BCUT2D eigenvalue weighted by Crippen LogP contribution is 2.15. The average molecular weight is 294 g/mol. The molecule has 0 aliphatic carbocycles. The Morgan fingerprint density at radius 3 is 2.94 bits per heavy atom. The van der Waals surface area contributed by atoms with Crippen LogP contribution < -0.4 is 32.1 Å². The van der Waals surface area contributed by atoms with E-state index in [1.54, 1.807) is 10.9 Å². The van der Waals surface area contributed by atoms with E-state index in [0.29, 0.717) is 12.0 Å². The fourth-order valence-electron chi connectivity index (χ4n) is 3.45. The zero-order valence-electron chi connectivity index (χ0n) is 10.6. The molecule has 92 valence electrons. The van der Waals surface area contributed by atoms with E-state index >= 15 is 0 Å². The van der Waals surface area contributed by atoms with Crippen molar-refractivity contribution >= 4 is 6.08 Å². The molecule has 2 aliphatic rings. The lowest BCUT2D eigenvalue weighted by molar-refractivity contribution is -0.00000335. The van der Waals surface area contributed by atoms with Crippen LogP contribution in [-0.2, 0) is 6.42 Å². The quantitative estimate of drug-likeness (QED) is 0.545. The standard InChI is InChI=1S/C15H20N.BrH/c1-3-14-11(2)10-13-7-4-6-12-8-5-9-16(14)15(12)13;/h4,6-7,10-11,14H,3,5,8-9H2,1-2H3;1H/q+1;/p-1/t11-,14+;/m1./s1. The van der Waals surface area contributed by atoms with E-state index in [2.05, 4.69) is 42.7 Å². The van der Waals surface area contributed by atoms with Crippen molar-refractivity contribution in [2.75, 3.05) is 6.54 Å². The molecule has 0 amide bonds. The van der Waals surface area contributed by atoms with Crippen LogP contribution in [0.1, 0.15) is 32.3 Å². The summed E-state index contributed by atoms with van der Waals surface area (Å²) in [6.45, 7) is 5.93. The lowest BCUT2D eigenvalue weighted by Crippen LogP contribution is -3.00. The summed E-state index contributed by atoms with van der Waals surface area (Å²) in [5, 5.41) is 3.01. The van der Waals surface area contributed by atoms with Crippen molar-refractivity contribution < 1.29 is 17.0 Å². The van der Waals surface area contributed by atoms with Gasteiger partial charge in [-0.1, -0.05) is 32.1 Å². The highest BCUT2D eigenvalue weighted by molar-refractivity contribution is 5.34. The number of aryl methyl sites for hydroxylation is 1. The van der Waals surface area contributed by atoms with Crippen LogP contribution in [-0.4, -0.2) is 12.6 Å². The second-order valence-corrected chi connectivity index (χ2v) is 5.15. The summed E-state index contributed by atoms with van der Waals surface area (Å²) in [4.78, 5) is 0. The lowest BCUT2D eigenvalue weighted by atomic mass is 9.91. The van der Waals surface area contributed by atoms with Gasteiger partial charge in [-0.15, -0.1) is 0 Å². The van der Waals surface area contributed by atoms with Gasteiger partial charge in [0, 0.05) is 29.5 Å². The van der Waals surface area contributed by atoms with Crippen LogP contribution in [0.15, 0.2) is 18.2 Å². The molecule has 0 spiro atoms. The summed E-state index contributed by atoms with van der Waals surface area (Å²) >= 11 is 0. The molecule has 2 atom stereocenters. The maximum absolute atomic E-state index is 2.67. The molecule has 3 rings (SSSR count). The van der Waals surface area contributed by atoms with E-state index in [1.165, 1.54) is 31.0 Å². The van der Waals surface area contributed by atoms with E-state index in [4.69, 9.17) is 0 Å². The van der Waals surface area contributed by atoms with Gasteiger partial charge in [0.1, 0.15) is 6.54 Å². The topological polar surface area (TPSA) is 3.01 Å². The molecular formula is C15H20BrN. The van der Waals surface area contributed by atoms with Crippen LogP contribution in [0.3, 0.4) is 0 Å². The first-order valence-electron chi connectivity index (χ1n) is 6.54. The van der Waals surface area contributed by atoms with E-state index in [1.807, 2.05) is 0 Å². The Morgan fingerprint density at radius 1 is 1.35 bits per heavy atom. The molecule has 1 nitrogen and oxygen atoms in total. The van der Waals surface area contributed by atoms with Crippen molar-refractivity contribution in [2.24, 2.45) is 5.92 Å². The predicted octanol–water partition coefficient (Wildman–Crippen LogP) is -1.66. The third-order valence-corrected chi connectivity index (χ3v) is 4.15. The third kappa shape index (κ3) is 1.97. The minimum atomic E-state index is 0. The van der Waals surface area contributed by atoms with Crippen molar-refractivity contribution in [3.05, 3.63) is 34.3 Å². The van der Waals surface area contributed by atoms with Gasteiger partial charge >= 0.3 is 0 Å². The second kappa shape index (κ2) is 4.93. The molecule has 0 aromatic heterocycles. The van der Waals surface area contributed by atoms with Gasteiger partial charge in [-0.2, -0.15) is 0 Å². The van der Waals surface area contributed by atoms with E-state index in [-0.39, 0.29) is 17.0 Å². The van der Waals surface area contributed by atoms with E-state index in [9.17, 15) is 0 Å². The molecule has 1 aromatic carbocycles. The van der Waals surface area contributed by atoms with Crippen molar-refractivity contribution in [3.8, 4) is 0 Å². The number of benzene rings is 1. The Labute approximate surface area is 114 Å². The summed E-state index contributed by atoms with van der Waals surface area (Å²) in [6, 6.07) is 7.52. The van der Waals surface area contributed by atoms with Gasteiger partial charge in [-0.25, -0.2) is 4.58 Å². The second-order valence-electron chi connectivity index (χ2n) is 5.15. The molecule has 17 heavy (non-hydrogen) atoms. The highest BCUT2D eigenvalue weighted by atomic mass is 79.9. The van der Waals surface area contributed by atoms with Gasteiger partial charge in [0.2, 0.25) is 5.36 Å². The lowest BCUT2D eigenvalue weighted by Gasteiger charge is -2.25. The van der Waals surface area contributed by atoms with Crippen molar-refractivity contribution in [3.63, 3.8) is 0 Å². The van der Waals surface area contributed by atoms with Gasteiger partial charge in [-0.05, 0) is 12.5 Å². The zero-order chi connectivity index (χ0) is 11.1. The summed E-state index contributed by atoms with van der Waals surface area (Å²) in [5.41, 5.74) is 1.56. The van der Waals surface area contributed by atoms with Crippen molar-refractivity contribution in [1.82, 2.24) is 4.58 Å². The number of rotatable bonds is 1. The Balaban J connectivity index is 0.00000108. The molecular weight excluding hydrogens is 274 g/mol. The largest absolute Gasteiger partial charge is 1.00 e. The van der Waals surface area contributed by atoms with Gasteiger partial charge < -0.3 is 17.0 Å². The number of hydrogen-bond donors (Lipinski definition) is 0. The molecule has 1 aromatic rings. The highest BCUT2D eigenvalue weighted by Gasteiger charge is 2.31. The summed E-state index contributed by atoms with van der Waals surface area (Å²) in [7, 11) is 0. The van der Waals surface area contributed by atoms with Crippen LogP contribution in [0, 0.1) is 5.92 Å². The Kier molecular flexibility index (Phi) is 3.72. The Morgan fingerprint density at radius 2 is 2.18 bits per heavy atom. The fraction of sp³-hybridized carbons (Fsp3) is 0.533. The molecule has 2 heterocycles. The van der Waals surface area contributed by atoms with Gasteiger partial charge in [0.25, 0.3) is 0 Å². The first-order valence-corrected chi connectivity index (χ1v) is 6.54. The predicted molar refractivity (Wildman–Crippen MR) is 67.8 cm³/mol. The fourth-order valence-corrected chi connectivity index (χ4v) is 3.45. The molecule has 0 saturated heterocycles. The molecule has 0 fully saturated rings. The van der Waals surface area contributed by atoms with Crippen LogP contribution in [0.2, 0.25) is 0 Å². The minimum Gasteiger partial charge on any atom is -1.00 e. The summed E-state index contributed by atoms with van der Waals surface area (Å²) in [6.07, 6.45) is 6.30. The average Bonchev–Trinajstić information content (AvgIpc) is 2.30. The monoisotopic (exact) mass is 293 g/mol. The van der Waals surface area contributed by atoms with Crippen LogP contribution >= 0.6 is 0 Å². The summed E-state index contributed by atoms with van der Waals surface area (Å²) in [5.74, 6) is 0.686. The SMILES string of the molecule is CC[C@H]1[C@H](C)C=c2cccc3c2=[N+]1CCC3.[Br-]. The van der Waals surface area contributed by atoms with Crippen molar-refractivity contribution in [1.29, 1.82) is 0 Å². The molecule has 0 unspecified atom stereocenters. The van der Waals surface area contributed by atoms with Gasteiger partial charge in [-0.3, -0.25) is 0 Å². The van der Waals surface area contributed by atoms with Crippen LogP contribution in [0.4, 0.5) is 0 Å². The molecule has 2 heteroatoms. The minimum absolute atomic E-state index is 0. The summed E-state index contributed by atoms with van der Waals surface area (Å²) < 4.78 is 2.67. The van der Waals surface area contributed by atoms with Crippen molar-refractivity contribution in [2.45, 2.75) is 39.2 Å². The third-order valence-electron chi connectivity index (χ3n) is 4.15. The number of halogens is 1. The first-order chi connectivity index (χ1) is 7.81. The molecule has 2 aliphatic heterocycles. The normalized spacial score (nSPS) is 25.6. The number of nitrogens with zero attached hydrogens (tertiary/aromatic N) is 1.